The summed E-state index contributed by atoms with van der Waals surface area (Å²) in [5.41, 5.74) is 10.3. The minimum absolute atomic E-state index is 0.144. The first kappa shape index (κ1) is 14.5. The van der Waals surface area contributed by atoms with Crippen molar-refractivity contribution in [3.8, 4) is 0 Å². The van der Waals surface area contributed by atoms with Crippen LogP contribution in [0.4, 0.5) is 8.78 Å². The number of aliphatic imine (C=N–C) groups is 1. The maximum absolute atomic E-state index is 13.0. The lowest BCUT2D eigenvalue weighted by Crippen LogP contribution is -2.29. The number of carbonyl (C=O) groups is 1. The zero-order valence-electron chi connectivity index (χ0n) is 8.91. The Kier molecular flexibility index (Phi) is 6.24. The number of hydrogen-bond donors (Lipinski definition) is 3. The number of rotatable bonds is 6. The normalized spacial score (nSPS) is 15.6. The second-order valence-electron chi connectivity index (χ2n) is 3.25. The summed E-state index contributed by atoms with van der Waals surface area (Å²) in [6.07, 6.45) is -0.529. The Morgan fingerprint density at radius 3 is 2.44 bits per heavy atom. The van der Waals surface area contributed by atoms with E-state index in [2.05, 4.69) is 4.99 Å². The van der Waals surface area contributed by atoms with Crippen molar-refractivity contribution >= 4 is 11.8 Å². The fourth-order valence-electron chi connectivity index (χ4n) is 0.821. The molecule has 1 atom stereocenters. The number of aliphatic carboxylic acids is 1. The molecule has 0 rings (SSSR count). The molecule has 0 bridgehead atoms. The predicted molar refractivity (Wildman–Crippen MR) is 56.3 cm³/mol. The van der Waals surface area contributed by atoms with Crippen LogP contribution in [0.2, 0.25) is 0 Å². The van der Waals surface area contributed by atoms with E-state index < -0.39 is 30.2 Å². The fraction of sp³-hybridized carbons (Fsp3) is 0.556. The van der Waals surface area contributed by atoms with Crippen LogP contribution in [0, 0.1) is 0 Å². The van der Waals surface area contributed by atoms with Gasteiger partial charge in [0.25, 0.3) is 0 Å². The van der Waals surface area contributed by atoms with Gasteiger partial charge in [0.2, 0.25) is 0 Å². The van der Waals surface area contributed by atoms with Crippen LogP contribution in [0.25, 0.3) is 0 Å². The number of allylic oxidation sites excluding steroid dienone is 1. The zero-order chi connectivity index (χ0) is 12.7. The lowest BCUT2D eigenvalue weighted by Gasteiger charge is -2.04. The van der Waals surface area contributed by atoms with Crippen LogP contribution in [0.1, 0.15) is 19.8 Å². The highest BCUT2D eigenvalue weighted by atomic mass is 19.2. The van der Waals surface area contributed by atoms with Crippen LogP contribution in [-0.2, 0) is 4.79 Å². The van der Waals surface area contributed by atoms with Crippen LogP contribution >= 0.6 is 0 Å². The van der Waals surface area contributed by atoms with Crippen LogP contribution in [0.5, 0.6) is 0 Å². The quantitative estimate of drug-likeness (QED) is 0.466. The van der Waals surface area contributed by atoms with E-state index >= 15 is 0 Å². The molecule has 0 aromatic carbocycles. The summed E-state index contributed by atoms with van der Waals surface area (Å²) in [4.78, 5) is 13.8. The molecule has 0 aliphatic carbocycles. The topological polar surface area (TPSA) is 102 Å². The molecule has 0 saturated carbocycles. The summed E-state index contributed by atoms with van der Waals surface area (Å²) in [7, 11) is 0. The van der Waals surface area contributed by atoms with Gasteiger partial charge in [-0.3, -0.25) is 9.79 Å². The standard InChI is InChI=1S/C9H15F2N3O2/c1-5(12)14-4-7(11)6(10)2-3-8(13)9(15)16/h8H,2-4,13H2,1H3,(H2,12,14)(H,15,16)/b7-6+/t8-/m1/s1. The number of carboxylic acids is 1. The molecule has 0 radical (unpaired) electrons. The van der Waals surface area contributed by atoms with Gasteiger partial charge in [-0.1, -0.05) is 0 Å². The van der Waals surface area contributed by atoms with Gasteiger partial charge < -0.3 is 16.6 Å². The second kappa shape index (κ2) is 6.89. The number of halogens is 2. The number of amidine groups is 1. The summed E-state index contributed by atoms with van der Waals surface area (Å²) >= 11 is 0. The van der Waals surface area contributed by atoms with Crippen LogP contribution in [-0.4, -0.2) is 29.5 Å². The minimum Gasteiger partial charge on any atom is -0.480 e. The van der Waals surface area contributed by atoms with Gasteiger partial charge in [-0.05, 0) is 13.3 Å². The largest absolute Gasteiger partial charge is 0.480 e. The first-order chi connectivity index (χ1) is 7.34. The van der Waals surface area contributed by atoms with E-state index in [4.69, 9.17) is 16.6 Å². The molecule has 0 amide bonds. The Morgan fingerprint density at radius 1 is 1.44 bits per heavy atom. The Hall–Kier alpha value is -1.50. The zero-order valence-corrected chi connectivity index (χ0v) is 8.91. The van der Waals surface area contributed by atoms with E-state index in [0.717, 1.165) is 0 Å². The van der Waals surface area contributed by atoms with Crippen molar-refractivity contribution < 1.29 is 18.7 Å². The van der Waals surface area contributed by atoms with Crippen LogP contribution in [0.3, 0.4) is 0 Å². The Labute approximate surface area is 91.8 Å². The van der Waals surface area contributed by atoms with Gasteiger partial charge in [0.05, 0.1) is 12.4 Å². The van der Waals surface area contributed by atoms with Crippen LogP contribution < -0.4 is 11.5 Å². The minimum atomic E-state index is -1.25. The summed E-state index contributed by atoms with van der Waals surface area (Å²) in [6, 6.07) is -1.20. The van der Waals surface area contributed by atoms with Gasteiger partial charge in [0.1, 0.15) is 11.9 Å². The third-order valence-corrected chi connectivity index (χ3v) is 1.75. The second-order valence-corrected chi connectivity index (χ2v) is 3.25. The predicted octanol–water partition coefficient (Wildman–Crippen LogP) is 0.706. The van der Waals surface area contributed by atoms with E-state index in [9.17, 15) is 13.6 Å². The van der Waals surface area contributed by atoms with E-state index in [-0.39, 0.29) is 18.7 Å². The van der Waals surface area contributed by atoms with E-state index in [0.29, 0.717) is 0 Å². The third-order valence-electron chi connectivity index (χ3n) is 1.75. The van der Waals surface area contributed by atoms with Crippen LogP contribution in [0.15, 0.2) is 16.6 Å². The van der Waals surface area contributed by atoms with Gasteiger partial charge in [-0.15, -0.1) is 0 Å². The molecular formula is C9H15F2N3O2. The molecule has 7 heteroatoms. The van der Waals surface area contributed by atoms with Gasteiger partial charge >= 0.3 is 5.97 Å². The molecule has 0 aliphatic heterocycles. The Balaban J connectivity index is 4.21. The summed E-state index contributed by atoms with van der Waals surface area (Å²) in [6.45, 7) is 0.974. The monoisotopic (exact) mass is 235 g/mol. The number of nitrogens with zero attached hydrogens (tertiary/aromatic N) is 1. The Morgan fingerprint density at radius 2 is 2.00 bits per heavy atom. The average Bonchev–Trinajstić information content (AvgIpc) is 2.21. The lowest BCUT2D eigenvalue weighted by molar-refractivity contribution is -0.138. The molecular weight excluding hydrogens is 220 g/mol. The summed E-state index contributed by atoms with van der Waals surface area (Å²) < 4.78 is 26.0. The third kappa shape index (κ3) is 6.07. The van der Waals surface area contributed by atoms with Crippen molar-refractivity contribution in [2.24, 2.45) is 16.5 Å². The molecule has 0 aliphatic rings. The number of carboxylic acid groups (broad SMARTS) is 1. The van der Waals surface area contributed by atoms with Crippen molar-refractivity contribution in [1.82, 2.24) is 0 Å². The maximum Gasteiger partial charge on any atom is 0.320 e. The average molecular weight is 235 g/mol. The van der Waals surface area contributed by atoms with E-state index in [1.807, 2.05) is 0 Å². The van der Waals surface area contributed by atoms with E-state index in [1.165, 1.54) is 6.92 Å². The fourth-order valence-corrected chi connectivity index (χ4v) is 0.821. The summed E-state index contributed by atoms with van der Waals surface area (Å²) in [5.74, 6) is -3.20. The molecule has 16 heavy (non-hydrogen) atoms. The van der Waals surface area contributed by atoms with Gasteiger partial charge in [-0.2, -0.15) is 0 Å². The molecule has 0 spiro atoms. The summed E-state index contributed by atoms with van der Waals surface area (Å²) in [5, 5.41) is 8.41. The molecule has 5 N–H and O–H groups in total. The van der Waals surface area contributed by atoms with Crippen molar-refractivity contribution in [2.45, 2.75) is 25.8 Å². The van der Waals surface area contributed by atoms with Crippen molar-refractivity contribution in [3.05, 3.63) is 11.7 Å². The van der Waals surface area contributed by atoms with Gasteiger partial charge in [-0.25, -0.2) is 8.78 Å². The van der Waals surface area contributed by atoms with Crippen molar-refractivity contribution in [3.63, 3.8) is 0 Å². The SMILES string of the molecule is CC(N)=NC/C(F)=C(\F)CC[C@@H](N)C(=O)O. The van der Waals surface area contributed by atoms with Gasteiger partial charge in [0, 0.05) is 6.42 Å². The lowest BCUT2D eigenvalue weighted by atomic mass is 10.1. The van der Waals surface area contributed by atoms with E-state index in [1.54, 1.807) is 0 Å². The molecule has 92 valence electrons. The highest BCUT2D eigenvalue weighted by Gasteiger charge is 2.14. The van der Waals surface area contributed by atoms with Crippen molar-refractivity contribution in [2.75, 3.05) is 6.54 Å². The molecule has 0 heterocycles. The van der Waals surface area contributed by atoms with Gasteiger partial charge in [0.15, 0.2) is 5.83 Å². The molecule has 0 unspecified atom stereocenters. The molecule has 0 fully saturated rings. The smallest absolute Gasteiger partial charge is 0.320 e. The maximum atomic E-state index is 13.0. The molecule has 0 aromatic heterocycles. The number of hydrogen-bond acceptors (Lipinski definition) is 3. The highest BCUT2D eigenvalue weighted by Crippen LogP contribution is 2.15. The molecule has 0 aromatic rings. The first-order valence-electron chi connectivity index (χ1n) is 4.62. The number of nitrogens with two attached hydrogens (primary N) is 2. The first-order valence-corrected chi connectivity index (χ1v) is 4.62. The molecule has 0 saturated heterocycles. The highest BCUT2D eigenvalue weighted by molar-refractivity contribution is 5.77. The Bertz CT molecular complexity index is 312. The molecule has 5 nitrogen and oxygen atoms in total. The van der Waals surface area contributed by atoms with Crippen molar-refractivity contribution in [1.29, 1.82) is 0 Å².